The Bertz CT molecular complexity index is 372. The normalized spacial score (nSPS) is 15.0. The van der Waals surface area contributed by atoms with Crippen molar-refractivity contribution in [2.24, 2.45) is 0 Å². The number of rotatable bonds is 4. The fraction of sp³-hybridized carbons (Fsp3) is 0.462. The van der Waals surface area contributed by atoms with E-state index in [0.29, 0.717) is 11.8 Å². The van der Waals surface area contributed by atoms with Gasteiger partial charge in [-0.05, 0) is 37.1 Å². The fourth-order valence-electron chi connectivity index (χ4n) is 2.04. The maximum atomic E-state index is 11.4. The number of hydrogen-bond donors (Lipinski definition) is 1. The van der Waals surface area contributed by atoms with E-state index in [1.807, 2.05) is 12.1 Å². The number of hydrogen-bond acceptors (Lipinski definition) is 2. The molecular weight excluding hydrogens is 280 g/mol. The van der Waals surface area contributed by atoms with Gasteiger partial charge in [0.2, 0.25) is 5.91 Å². The van der Waals surface area contributed by atoms with E-state index in [2.05, 4.69) is 38.3 Å². The molecule has 0 aromatic heterocycles. The molecule has 0 aliphatic carbocycles. The first-order valence-corrected chi connectivity index (χ1v) is 7.12. The Morgan fingerprint density at radius 3 is 2.47 bits per heavy atom. The molecule has 1 fully saturated rings. The first-order valence-electron chi connectivity index (χ1n) is 6.00. The molecule has 4 heteroatoms. The highest BCUT2D eigenvalue weighted by Crippen LogP contribution is 2.22. The molecule has 0 bridgehead atoms. The van der Waals surface area contributed by atoms with Crippen LogP contribution in [0.1, 0.15) is 19.3 Å². The van der Waals surface area contributed by atoms with Crippen molar-refractivity contribution in [3.8, 4) is 0 Å². The van der Waals surface area contributed by atoms with Crippen molar-refractivity contribution in [3.05, 3.63) is 24.3 Å². The lowest BCUT2D eigenvalue weighted by Gasteiger charge is -2.17. The maximum absolute atomic E-state index is 11.4. The molecule has 0 saturated carbocycles. The van der Waals surface area contributed by atoms with Crippen LogP contribution in [0.25, 0.3) is 0 Å². The number of carbonyl (C=O) groups is 1. The van der Waals surface area contributed by atoms with Crippen molar-refractivity contribution in [1.29, 1.82) is 0 Å². The average Bonchev–Trinajstić information content (AvgIpc) is 2.84. The number of anilines is 2. The number of halogens is 1. The third-order valence-corrected chi connectivity index (χ3v) is 3.34. The van der Waals surface area contributed by atoms with Gasteiger partial charge in [-0.2, -0.15) is 0 Å². The standard InChI is InChI=1S/C13H17BrN2O/c14-8-7-13(17)15-11-3-5-12(6-4-11)16-9-1-2-10-16/h3-6H,1-2,7-10H2,(H,15,17). The summed E-state index contributed by atoms with van der Waals surface area (Å²) in [5, 5.41) is 3.57. The van der Waals surface area contributed by atoms with E-state index in [-0.39, 0.29) is 5.91 Å². The van der Waals surface area contributed by atoms with Crippen LogP contribution in [0.2, 0.25) is 0 Å². The van der Waals surface area contributed by atoms with Gasteiger partial charge >= 0.3 is 0 Å². The molecule has 1 saturated heterocycles. The molecule has 2 rings (SSSR count). The monoisotopic (exact) mass is 296 g/mol. The van der Waals surface area contributed by atoms with Gasteiger partial charge < -0.3 is 10.2 Å². The van der Waals surface area contributed by atoms with Gasteiger partial charge in [0.1, 0.15) is 0 Å². The summed E-state index contributed by atoms with van der Waals surface area (Å²) in [4.78, 5) is 13.8. The Labute approximate surface area is 110 Å². The number of nitrogens with one attached hydrogen (secondary N) is 1. The van der Waals surface area contributed by atoms with Gasteiger partial charge in [0.25, 0.3) is 0 Å². The van der Waals surface area contributed by atoms with Crippen molar-refractivity contribution in [2.45, 2.75) is 19.3 Å². The minimum absolute atomic E-state index is 0.0517. The van der Waals surface area contributed by atoms with Crippen LogP contribution in [0, 0.1) is 0 Å². The zero-order valence-corrected chi connectivity index (χ0v) is 11.4. The summed E-state index contributed by atoms with van der Waals surface area (Å²) in [7, 11) is 0. The molecule has 1 aliphatic rings. The summed E-state index contributed by atoms with van der Waals surface area (Å²) in [6, 6.07) is 8.10. The Hall–Kier alpha value is -1.03. The summed E-state index contributed by atoms with van der Waals surface area (Å²) in [6.07, 6.45) is 3.07. The van der Waals surface area contributed by atoms with Gasteiger partial charge in [0.15, 0.2) is 0 Å². The Balaban J connectivity index is 1.95. The molecule has 0 radical (unpaired) electrons. The molecule has 1 amide bonds. The quantitative estimate of drug-likeness (QED) is 0.866. The van der Waals surface area contributed by atoms with E-state index < -0.39 is 0 Å². The Kier molecular flexibility index (Phi) is 4.42. The van der Waals surface area contributed by atoms with E-state index in [9.17, 15) is 4.79 Å². The zero-order valence-electron chi connectivity index (χ0n) is 9.79. The van der Waals surface area contributed by atoms with Crippen LogP contribution in [0.5, 0.6) is 0 Å². The van der Waals surface area contributed by atoms with Crippen molar-refractivity contribution < 1.29 is 4.79 Å². The van der Waals surface area contributed by atoms with E-state index in [1.165, 1.54) is 18.5 Å². The number of benzene rings is 1. The first-order chi connectivity index (χ1) is 8.29. The van der Waals surface area contributed by atoms with Gasteiger partial charge in [-0.25, -0.2) is 0 Å². The molecule has 1 N–H and O–H groups in total. The van der Waals surface area contributed by atoms with Crippen LogP contribution in [-0.2, 0) is 4.79 Å². The molecule has 1 heterocycles. The summed E-state index contributed by atoms with van der Waals surface area (Å²) in [6.45, 7) is 2.30. The number of nitrogens with zero attached hydrogens (tertiary/aromatic N) is 1. The molecule has 1 aliphatic heterocycles. The molecule has 0 atom stereocenters. The maximum Gasteiger partial charge on any atom is 0.225 e. The van der Waals surface area contributed by atoms with E-state index in [0.717, 1.165) is 18.8 Å². The lowest BCUT2D eigenvalue weighted by atomic mass is 10.2. The molecule has 1 aromatic carbocycles. The van der Waals surface area contributed by atoms with Crippen molar-refractivity contribution in [3.63, 3.8) is 0 Å². The van der Waals surface area contributed by atoms with Gasteiger partial charge in [-0.1, -0.05) is 15.9 Å². The van der Waals surface area contributed by atoms with Crippen LogP contribution in [0.3, 0.4) is 0 Å². The van der Waals surface area contributed by atoms with E-state index >= 15 is 0 Å². The van der Waals surface area contributed by atoms with E-state index in [1.54, 1.807) is 0 Å². The van der Waals surface area contributed by atoms with Crippen molar-refractivity contribution >= 4 is 33.2 Å². The Morgan fingerprint density at radius 1 is 1.24 bits per heavy atom. The third-order valence-electron chi connectivity index (χ3n) is 2.94. The predicted molar refractivity (Wildman–Crippen MR) is 74.9 cm³/mol. The van der Waals surface area contributed by atoms with Crippen LogP contribution in [0.15, 0.2) is 24.3 Å². The summed E-state index contributed by atoms with van der Waals surface area (Å²) in [5.74, 6) is 0.0517. The molecular formula is C13H17BrN2O. The highest BCUT2D eigenvalue weighted by atomic mass is 79.9. The van der Waals surface area contributed by atoms with Crippen molar-refractivity contribution in [1.82, 2.24) is 0 Å². The average molecular weight is 297 g/mol. The molecule has 3 nitrogen and oxygen atoms in total. The smallest absolute Gasteiger partial charge is 0.225 e. The summed E-state index contributed by atoms with van der Waals surface area (Å²) in [5.41, 5.74) is 2.12. The van der Waals surface area contributed by atoms with Crippen LogP contribution >= 0.6 is 15.9 Å². The first kappa shape index (κ1) is 12.4. The topological polar surface area (TPSA) is 32.3 Å². The minimum atomic E-state index is 0.0517. The second kappa shape index (κ2) is 6.05. The fourth-order valence-corrected chi connectivity index (χ4v) is 2.40. The summed E-state index contributed by atoms with van der Waals surface area (Å²) >= 11 is 3.25. The molecule has 92 valence electrons. The molecule has 0 spiro atoms. The van der Waals surface area contributed by atoms with Crippen LogP contribution in [-0.4, -0.2) is 24.3 Å². The Morgan fingerprint density at radius 2 is 1.88 bits per heavy atom. The number of amides is 1. The lowest BCUT2D eigenvalue weighted by Crippen LogP contribution is -2.17. The summed E-state index contributed by atoms with van der Waals surface area (Å²) < 4.78 is 0. The van der Waals surface area contributed by atoms with Gasteiger partial charge in [-0.3, -0.25) is 4.79 Å². The van der Waals surface area contributed by atoms with Gasteiger partial charge in [0.05, 0.1) is 0 Å². The van der Waals surface area contributed by atoms with E-state index in [4.69, 9.17) is 0 Å². The number of alkyl halides is 1. The second-order valence-electron chi connectivity index (χ2n) is 4.23. The van der Waals surface area contributed by atoms with Gasteiger partial charge in [0, 0.05) is 36.2 Å². The largest absolute Gasteiger partial charge is 0.372 e. The lowest BCUT2D eigenvalue weighted by molar-refractivity contribution is -0.115. The van der Waals surface area contributed by atoms with Crippen LogP contribution < -0.4 is 10.2 Å². The molecule has 1 aromatic rings. The predicted octanol–water partition coefficient (Wildman–Crippen LogP) is 3.01. The van der Waals surface area contributed by atoms with Crippen molar-refractivity contribution in [2.75, 3.05) is 28.6 Å². The molecule has 17 heavy (non-hydrogen) atoms. The zero-order chi connectivity index (χ0) is 12.1. The third kappa shape index (κ3) is 3.46. The highest BCUT2D eigenvalue weighted by molar-refractivity contribution is 9.09. The minimum Gasteiger partial charge on any atom is -0.372 e. The van der Waals surface area contributed by atoms with Crippen LogP contribution in [0.4, 0.5) is 11.4 Å². The number of carbonyl (C=O) groups excluding carboxylic acids is 1. The second-order valence-corrected chi connectivity index (χ2v) is 5.02. The SMILES string of the molecule is O=C(CCBr)Nc1ccc(N2CCCC2)cc1. The highest BCUT2D eigenvalue weighted by Gasteiger charge is 2.11. The molecule has 0 unspecified atom stereocenters. The van der Waals surface area contributed by atoms with Gasteiger partial charge in [-0.15, -0.1) is 0 Å².